The van der Waals surface area contributed by atoms with Gasteiger partial charge in [0.05, 0.1) is 23.5 Å². The average molecular weight is 345 g/mol. The third-order valence-corrected chi connectivity index (χ3v) is 4.78. The Bertz CT molecular complexity index is 979. The fraction of sp³-hybridized carbons (Fsp3) is 0.250. The molecular formula is C20H19N5O. The molecule has 1 aromatic carbocycles. The zero-order valence-electron chi connectivity index (χ0n) is 14.4. The maximum Gasteiger partial charge on any atom is 0.253 e. The number of nitrogens with zero attached hydrogens (tertiary/aromatic N) is 5. The van der Waals surface area contributed by atoms with Gasteiger partial charge in [-0.05, 0) is 30.3 Å². The first-order valence-corrected chi connectivity index (χ1v) is 8.67. The number of pyridine rings is 1. The van der Waals surface area contributed by atoms with Gasteiger partial charge < -0.3 is 9.30 Å². The molecule has 6 nitrogen and oxygen atoms in total. The number of amides is 1. The number of hydrogen-bond acceptors (Lipinski definition) is 4. The summed E-state index contributed by atoms with van der Waals surface area (Å²) >= 11 is 0. The smallest absolute Gasteiger partial charge is 0.253 e. The van der Waals surface area contributed by atoms with Gasteiger partial charge in [0, 0.05) is 44.5 Å². The highest BCUT2D eigenvalue weighted by Crippen LogP contribution is 2.14. The normalized spacial score (nSPS) is 15.1. The van der Waals surface area contributed by atoms with Crippen molar-refractivity contribution >= 4 is 11.6 Å². The van der Waals surface area contributed by atoms with E-state index >= 15 is 0 Å². The zero-order chi connectivity index (χ0) is 17.9. The van der Waals surface area contributed by atoms with Gasteiger partial charge in [-0.3, -0.25) is 9.69 Å². The van der Waals surface area contributed by atoms with E-state index in [1.807, 2.05) is 35.5 Å². The van der Waals surface area contributed by atoms with Crippen molar-refractivity contribution < 1.29 is 4.79 Å². The van der Waals surface area contributed by atoms with Gasteiger partial charge in [-0.25, -0.2) is 4.98 Å². The lowest BCUT2D eigenvalue weighted by atomic mass is 10.1. The van der Waals surface area contributed by atoms with Crippen LogP contribution in [0.15, 0.2) is 54.9 Å². The predicted molar refractivity (Wildman–Crippen MR) is 97.5 cm³/mol. The van der Waals surface area contributed by atoms with Crippen molar-refractivity contribution in [2.45, 2.75) is 6.54 Å². The summed E-state index contributed by atoms with van der Waals surface area (Å²) in [6, 6.07) is 15.0. The fourth-order valence-corrected chi connectivity index (χ4v) is 3.34. The van der Waals surface area contributed by atoms with Crippen molar-refractivity contribution in [2.75, 3.05) is 26.2 Å². The minimum absolute atomic E-state index is 0.00319. The Morgan fingerprint density at radius 2 is 1.96 bits per heavy atom. The second-order valence-electron chi connectivity index (χ2n) is 6.44. The second kappa shape index (κ2) is 6.98. The molecule has 0 bridgehead atoms. The fourth-order valence-electron chi connectivity index (χ4n) is 3.34. The van der Waals surface area contributed by atoms with Crippen LogP contribution < -0.4 is 0 Å². The van der Waals surface area contributed by atoms with Crippen molar-refractivity contribution in [3.05, 3.63) is 71.7 Å². The molecule has 1 amide bonds. The first-order valence-electron chi connectivity index (χ1n) is 8.67. The number of carbonyl (C=O) groups excluding carboxylic acids is 1. The summed E-state index contributed by atoms with van der Waals surface area (Å²) in [4.78, 5) is 21.3. The number of aromatic nitrogens is 2. The number of carbonyl (C=O) groups is 1. The summed E-state index contributed by atoms with van der Waals surface area (Å²) in [5.74, 6) is -0.00319. The summed E-state index contributed by atoms with van der Waals surface area (Å²) in [5.41, 5.74) is 3.21. The van der Waals surface area contributed by atoms with Crippen LogP contribution in [0.4, 0.5) is 0 Å². The molecule has 3 heterocycles. The number of imidazole rings is 1. The molecule has 130 valence electrons. The second-order valence-corrected chi connectivity index (χ2v) is 6.44. The van der Waals surface area contributed by atoms with Gasteiger partial charge in [-0.15, -0.1) is 0 Å². The quantitative estimate of drug-likeness (QED) is 0.730. The standard InChI is InChI=1S/C20H19N5O/c21-13-16-4-3-5-17(12-16)20(26)24-10-8-23(9-11-24)15-18-14-22-19-6-1-2-7-25(18)19/h1-7,12,14H,8-11,15H2. The number of hydrogen-bond donors (Lipinski definition) is 0. The Balaban J connectivity index is 1.39. The first kappa shape index (κ1) is 16.3. The Kier molecular flexibility index (Phi) is 4.38. The first-order chi connectivity index (χ1) is 12.7. The minimum atomic E-state index is -0.00319. The molecule has 0 radical (unpaired) electrons. The van der Waals surface area contributed by atoms with Gasteiger partial charge in [-0.1, -0.05) is 12.1 Å². The summed E-state index contributed by atoms with van der Waals surface area (Å²) in [6.45, 7) is 3.84. The summed E-state index contributed by atoms with van der Waals surface area (Å²) in [6.07, 6.45) is 3.94. The SMILES string of the molecule is N#Cc1cccc(C(=O)N2CCN(Cc3cnc4ccccn34)CC2)c1. The maximum atomic E-state index is 12.7. The molecule has 0 saturated carbocycles. The van der Waals surface area contributed by atoms with Crippen LogP contribution >= 0.6 is 0 Å². The Labute approximate surface area is 151 Å². The van der Waals surface area contributed by atoms with E-state index in [1.54, 1.807) is 24.3 Å². The monoisotopic (exact) mass is 345 g/mol. The molecule has 1 aliphatic rings. The number of rotatable bonds is 3. The highest BCUT2D eigenvalue weighted by Gasteiger charge is 2.23. The van der Waals surface area contributed by atoms with Crippen LogP contribution in [-0.4, -0.2) is 51.3 Å². The number of fused-ring (bicyclic) bond motifs is 1. The van der Waals surface area contributed by atoms with E-state index in [4.69, 9.17) is 5.26 Å². The zero-order valence-corrected chi connectivity index (χ0v) is 14.4. The van der Waals surface area contributed by atoms with E-state index in [1.165, 1.54) is 0 Å². The Hall–Kier alpha value is -3.17. The van der Waals surface area contributed by atoms with Crippen LogP contribution in [0.5, 0.6) is 0 Å². The lowest BCUT2D eigenvalue weighted by Gasteiger charge is -2.34. The molecule has 26 heavy (non-hydrogen) atoms. The molecule has 3 aromatic rings. The lowest BCUT2D eigenvalue weighted by molar-refractivity contribution is 0.0626. The van der Waals surface area contributed by atoms with Gasteiger partial charge in [0.2, 0.25) is 0 Å². The van der Waals surface area contributed by atoms with E-state index in [0.29, 0.717) is 24.2 Å². The van der Waals surface area contributed by atoms with Gasteiger partial charge in [0.1, 0.15) is 5.65 Å². The molecule has 0 aliphatic carbocycles. The van der Waals surface area contributed by atoms with Crippen molar-refractivity contribution in [3.8, 4) is 6.07 Å². The highest BCUT2D eigenvalue weighted by atomic mass is 16.2. The third-order valence-electron chi connectivity index (χ3n) is 4.78. The summed E-state index contributed by atoms with van der Waals surface area (Å²) in [7, 11) is 0. The third kappa shape index (κ3) is 3.17. The lowest BCUT2D eigenvalue weighted by Crippen LogP contribution is -2.48. The molecule has 0 atom stereocenters. The van der Waals surface area contributed by atoms with Crippen LogP contribution in [0.25, 0.3) is 5.65 Å². The van der Waals surface area contributed by atoms with Crippen molar-refractivity contribution in [3.63, 3.8) is 0 Å². The molecule has 4 rings (SSSR count). The molecule has 0 spiro atoms. The number of piperazine rings is 1. The topological polar surface area (TPSA) is 64.6 Å². The van der Waals surface area contributed by atoms with E-state index in [0.717, 1.165) is 31.0 Å². The molecular weight excluding hydrogens is 326 g/mol. The van der Waals surface area contributed by atoms with E-state index in [2.05, 4.69) is 20.4 Å². The van der Waals surface area contributed by atoms with Crippen molar-refractivity contribution in [2.24, 2.45) is 0 Å². The van der Waals surface area contributed by atoms with Crippen molar-refractivity contribution in [1.29, 1.82) is 5.26 Å². The Morgan fingerprint density at radius 3 is 2.77 bits per heavy atom. The van der Waals surface area contributed by atoms with Crippen molar-refractivity contribution in [1.82, 2.24) is 19.2 Å². The number of nitriles is 1. The summed E-state index contributed by atoms with van der Waals surface area (Å²) < 4.78 is 2.10. The number of benzene rings is 1. The van der Waals surface area contributed by atoms with Crippen LogP contribution in [0.1, 0.15) is 21.6 Å². The van der Waals surface area contributed by atoms with Crippen LogP contribution in [-0.2, 0) is 6.54 Å². The van der Waals surface area contributed by atoms with Crippen LogP contribution in [0, 0.1) is 11.3 Å². The largest absolute Gasteiger partial charge is 0.336 e. The molecule has 1 aliphatic heterocycles. The van der Waals surface area contributed by atoms with E-state index in [-0.39, 0.29) is 5.91 Å². The van der Waals surface area contributed by atoms with Crippen LogP contribution in [0.3, 0.4) is 0 Å². The highest BCUT2D eigenvalue weighted by molar-refractivity contribution is 5.94. The van der Waals surface area contributed by atoms with Gasteiger partial charge in [0.15, 0.2) is 0 Å². The molecule has 6 heteroatoms. The molecule has 1 saturated heterocycles. The minimum Gasteiger partial charge on any atom is -0.336 e. The molecule has 1 fully saturated rings. The van der Waals surface area contributed by atoms with Gasteiger partial charge in [-0.2, -0.15) is 5.26 Å². The maximum absolute atomic E-state index is 12.7. The molecule has 0 N–H and O–H groups in total. The predicted octanol–water partition coefficient (Wildman–Crippen LogP) is 2.16. The average Bonchev–Trinajstić information content (AvgIpc) is 3.11. The van der Waals surface area contributed by atoms with Gasteiger partial charge in [0.25, 0.3) is 5.91 Å². The molecule has 0 unspecified atom stereocenters. The Morgan fingerprint density at radius 1 is 1.12 bits per heavy atom. The van der Waals surface area contributed by atoms with Crippen LogP contribution in [0.2, 0.25) is 0 Å². The van der Waals surface area contributed by atoms with E-state index in [9.17, 15) is 4.79 Å². The van der Waals surface area contributed by atoms with E-state index < -0.39 is 0 Å². The van der Waals surface area contributed by atoms with Gasteiger partial charge >= 0.3 is 0 Å². The summed E-state index contributed by atoms with van der Waals surface area (Å²) in [5, 5.41) is 9.00. The molecule has 2 aromatic heterocycles.